The number of nitrogens with one attached hydrogen (secondary N) is 1. The first-order chi connectivity index (χ1) is 15.1. The lowest BCUT2D eigenvalue weighted by Crippen LogP contribution is -2.20. The van der Waals surface area contributed by atoms with Crippen LogP contribution in [0.3, 0.4) is 0 Å². The van der Waals surface area contributed by atoms with E-state index in [4.69, 9.17) is 25.8 Å². The number of hydrogen-bond donors (Lipinski definition) is 1. The van der Waals surface area contributed by atoms with Crippen LogP contribution < -0.4 is 10.1 Å². The highest BCUT2D eigenvalue weighted by Crippen LogP contribution is 2.36. The van der Waals surface area contributed by atoms with Crippen LogP contribution in [0.15, 0.2) is 16.8 Å². The zero-order chi connectivity index (χ0) is 21.2. The van der Waals surface area contributed by atoms with Gasteiger partial charge in [-0.2, -0.15) is 4.98 Å². The molecule has 5 rings (SSSR count). The molecule has 3 aromatic rings. The number of aromatic nitrogens is 4. The number of rotatable bonds is 8. The summed E-state index contributed by atoms with van der Waals surface area (Å²) in [4.78, 5) is 14.7. The lowest BCUT2D eigenvalue weighted by atomic mass is 9.98. The van der Waals surface area contributed by atoms with Gasteiger partial charge in [-0.15, -0.1) is 11.3 Å². The second-order valence-corrected chi connectivity index (χ2v) is 10.1. The van der Waals surface area contributed by atoms with Crippen molar-refractivity contribution in [1.29, 1.82) is 0 Å². The van der Waals surface area contributed by atoms with Gasteiger partial charge in [0.05, 0.1) is 27.2 Å². The van der Waals surface area contributed by atoms with Crippen molar-refractivity contribution in [1.82, 2.24) is 20.1 Å². The van der Waals surface area contributed by atoms with Crippen LogP contribution in [-0.2, 0) is 13.0 Å². The summed E-state index contributed by atoms with van der Waals surface area (Å²) < 4.78 is 12.2. The zero-order valence-electron chi connectivity index (χ0n) is 17.6. The lowest BCUT2D eigenvalue weighted by Gasteiger charge is -2.23. The molecule has 2 aliphatic rings. The van der Waals surface area contributed by atoms with E-state index in [0.717, 1.165) is 41.1 Å². The minimum atomic E-state index is 0.276. The molecule has 2 fully saturated rings. The molecule has 0 radical (unpaired) electrons. The van der Waals surface area contributed by atoms with Crippen molar-refractivity contribution in [2.45, 2.75) is 70.9 Å². The summed E-state index contributed by atoms with van der Waals surface area (Å²) in [6.07, 6.45) is 11.4. The monoisotopic (exact) mass is 459 g/mol. The fourth-order valence-electron chi connectivity index (χ4n) is 3.91. The first kappa shape index (κ1) is 20.7. The van der Waals surface area contributed by atoms with E-state index in [1.807, 2.05) is 13.0 Å². The summed E-state index contributed by atoms with van der Waals surface area (Å²) in [5.74, 6) is 3.33. The Labute approximate surface area is 190 Å². The fourth-order valence-corrected chi connectivity index (χ4v) is 5.12. The van der Waals surface area contributed by atoms with Crippen LogP contribution in [0.25, 0.3) is 10.7 Å². The predicted octanol–water partition coefficient (Wildman–Crippen LogP) is 5.83. The van der Waals surface area contributed by atoms with Crippen LogP contribution >= 0.6 is 22.9 Å². The molecule has 31 heavy (non-hydrogen) atoms. The van der Waals surface area contributed by atoms with Crippen molar-refractivity contribution >= 4 is 28.9 Å². The number of hydrogen-bond acceptors (Lipinski definition) is 8. The van der Waals surface area contributed by atoms with Gasteiger partial charge in [0.25, 0.3) is 5.95 Å². The Bertz CT molecular complexity index is 1040. The van der Waals surface area contributed by atoms with Crippen LogP contribution in [0.2, 0.25) is 4.34 Å². The van der Waals surface area contributed by atoms with E-state index >= 15 is 0 Å². The van der Waals surface area contributed by atoms with Crippen molar-refractivity contribution in [2.24, 2.45) is 5.92 Å². The fraction of sp³-hybridized carbons (Fsp3) is 0.545. The Balaban J connectivity index is 1.27. The number of aryl methyl sites for hydroxylation is 1. The van der Waals surface area contributed by atoms with Crippen molar-refractivity contribution in [3.05, 3.63) is 33.7 Å². The largest absolute Gasteiger partial charge is 0.487 e. The van der Waals surface area contributed by atoms with Crippen LogP contribution in [0.5, 0.6) is 5.75 Å². The summed E-state index contributed by atoms with van der Waals surface area (Å²) in [7, 11) is 0. The van der Waals surface area contributed by atoms with Gasteiger partial charge in [0.1, 0.15) is 0 Å². The normalized spacial score (nSPS) is 17.1. The van der Waals surface area contributed by atoms with Gasteiger partial charge < -0.3 is 14.6 Å². The smallest absolute Gasteiger partial charge is 0.263 e. The highest BCUT2D eigenvalue weighted by molar-refractivity contribution is 7.19. The molecule has 0 unspecified atom stereocenters. The Morgan fingerprint density at radius 3 is 2.81 bits per heavy atom. The second-order valence-electron chi connectivity index (χ2n) is 8.44. The minimum absolute atomic E-state index is 0.276. The van der Waals surface area contributed by atoms with Crippen molar-refractivity contribution in [2.75, 3.05) is 5.32 Å². The third kappa shape index (κ3) is 5.18. The number of thiophene rings is 1. The Kier molecular flexibility index (Phi) is 6.09. The standard InChI is InChI=1S/C22H26ClN5O2S/c1-13-17(29-16-5-3-2-4-6-16)12-24-21(26-13)20-15(10-18(23)31-20)11-25-22-27-19(30-28-22)9-14-7-8-14/h10,12,14,16H,2-9,11H2,1H3,(H,25,28). The van der Waals surface area contributed by atoms with Gasteiger partial charge in [-0.05, 0) is 68.2 Å². The molecule has 3 heterocycles. The van der Waals surface area contributed by atoms with E-state index in [0.29, 0.717) is 34.5 Å². The quantitative estimate of drug-likeness (QED) is 0.453. The van der Waals surface area contributed by atoms with Gasteiger partial charge >= 0.3 is 0 Å². The van der Waals surface area contributed by atoms with Gasteiger partial charge in [0, 0.05) is 13.0 Å². The van der Waals surface area contributed by atoms with E-state index in [-0.39, 0.29) is 6.10 Å². The summed E-state index contributed by atoms with van der Waals surface area (Å²) in [5, 5.41) is 7.26. The molecule has 0 amide bonds. The van der Waals surface area contributed by atoms with E-state index in [1.54, 1.807) is 6.20 Å². The maximum absolute atomic E-state index is 6.33. The van der Waals surface area contributed by atoms with E-state index in [9.17, 15) is 0 Å². The molecule has 164 valence electrons. The molecule has 9 heteroatoms. The number of anilines is 1. The maximum atomic E-state index is 6.33. The van der Waals surface area contributed by atoms with Crippen molar-refractivity contribution in [3.63, 3.8) is 0 Å². The average molecular weight is 460 g/mol. The van der Waals surface area contributed by atoms with Gasteiger partial charge in [-0.1, -0.05) is 18.0 Å². The molecule has 2 aliphatic carbocycles. The molecule has 0 aliphatic heterocycles. The van der Waals surface area contributed by atoms with Gasteiger partial charge in [-0.3, -0.25) is 0 Å². The third-order valence-electron chi connectivity index (χ3n) is 5.83. The highest BCUT2D eigenvalue weighted by atomic mass is 35.5. The Morgan fingerprint density at radius 2 is 2.03 bits per heavy atom. The molecule has 2 saturated carbocycles. The summed E-state index contributed by atoms with van der Waals surface area (Å²) in [6, 6.07) is 1.94. The van der Waals surface area contributed by atoms with Gasteiger partial charge in [-0.25, -0.2) is 9.97 Å². The Hall–Kier alpha value is -2.19. The molecular weight excluding hydrogens is 434 g/mol. The Morgan fingerprint density at radius 1 is 1.19 bits per heavy atom. The number of nitrogens with zero attached hydrogens (tertiary/aromatic N) is 4. The van der Waals surface area contributed by atoms with E-state index < -0.39 is 0 Å². The molecule has 0 aromatic carbocycles. The minimum Gasteiger partial charge on any atom is -0.487 e. The summed E-state index contributed by atoms with van der Waals surface area (Å²) in [6.45, 7) is 2.49. The molecule has 0 atom stereocenters. The van der Waals surface area contributed by atoms with Crippen LogP contribution in [0.1, 0.15) is 62.1 Å². The highest BCUT2D eigenvalue weighted by Gasteiger charge is 2.24. The average Bonchev–Trinajstić information content (AvgIpc) is 3.33. The molecule has 3 aromatic heterocycles. The first-order valence-electron chi connectivity index (χ1n) is 11.0. The van der Waals surface area contributed by atoms with Crippen molar-refractivity contribution < 1.29 is 9.26 Å². The predicted molar refractivity (Wildman–Crippen MR) is 121 cm³/mol. The SMILES string of the molecule is Cc1nc(-c2sc(Cl)cc2CNc2noc(CC3CC3)n2)ncc1OC1CCCCC1. The number of ether oxygens (including phenoxy) is 1. The van der Waals surface area contributed by atoms with E-state index in [1.165, 1.54) is 43.4 Å². The van der Waals surface area contributed by atoms with Crippen molar-refractivity contribution in [3.8, 4) is 16.5 Å². The topological polar surface area (TPSA) is 86.0 Å². The molecule has 7 nitrogen and oxygen atoms in total. The van der Waals surface area contributed by atoms with Crippen LogP contribution in [0.4, 0.5) is 5.95 Å². The van der Waals surface area contributed by atoms with Gasteiger partial charge in [0.15, 0.2) is 11.6 Å². The lowest BCUT2D eigenvalue weighted by molar-refractivity contribution is 0.152. The van der Waals surface area contributed by atoms with E-state index in [2.05, 4.69) is 20.4 Å². The van der Waals surface area contributed by atoms with Gasteiger partial charge in [0.2, 0.25) is 5.89 Å². The molecule has 0 bridgehead atoms. The molecule has 0 spiro atoms. The first-order valence-corrected chi connectivity index (χ1v) is 12.2. The molecular formula is C22H26ClN5O2S. The molecule has 1 N–H and O–H groups in total. The maximum Gasteiger partial charge on any atom is 0.263 e. The molecule has 0 saturated heterocycles. The third-order valence-corrected chi connectivity index (χ3v) is 7.13. The van der Waals surface area contributed by atoms with Crippen LogP contribution in [0, 0.1) is 12.8 Å². The summed E-state index contributed by atoms with van der Waals surface area (Å²) in [5.41, 5.74) is 1.85. The zero-order valence-corrected chi connectivity index (χ0v) is 19.1. The number of halogens is 1. The summed E-state index contributed by atoms with van der Waals surface area (Å²) >= 11 is 7.80. The van der Waals surface area contributed by atoms with Crippen LogP contribution in [-0.4, -0.2) is 26.2 Å². The second kappa shape index (κ2) is 9.12.